The van der Waals surface area contributed by atoms with E-state index in [-0.39, 0.29) is 18.0 Å². The topological polar surface area (TPSA) is 91.2 Å². The predicted octanol–water partition coefficient (Wildman–Crippen LogP) is 3.34. The van der Waals surface area contributed by atoms with E-state index in [0.717, 1.165) is 27.4 Å². The molecule has 31 heavy (non-hydrogen) atoms. The molecule has 2 aromatic heterocycles. The Morgan fingerprint density at radius 2 is 2.00 bits per heavy atom. The maximum Gasteiger partial charge on any atom is 0.233 e. The number of rotatable bonds is 6. The van der Waals surface area contributed by atoms with Crippen molar-refractivity contribution in [1.29, 1.82) is 0 Å². The van der Waals surface area contributed by atoms with Crippen LogP contribution in [0.3, 0.4) is 0 Å². The maximum absolute atomic E-state index is 12.7. The number of nitrogens with zero attached hydrogens (tertiary/aromatic N) is 4. The summed E-state index contributed by atoms with van der Waals surface area (Å²) >= 11 is 1.38. The van der Waals surface area contributed by atoms with Gasteiger partial charge in [0, 0.05) is 6.54 Å². The molecule has 0 bridgehead atoms. The molecule has 156 valence electrons. The zero-order valence-corrected chi connectivity index (χ0v) is 17.5. The van der Waals surface area contributed by atoms with Crippen LogP contribution in [0.2, 0.25) is 0 Å². The largest absolute Gasteiger partial charge is 0.454 e. The third-order valence-corrected chi connectivity index (χ3v) is 6.01. The van der Waals surface area contributed by atoms with Gasteiger partial charge >= 0.3 is 0 Å². The Kier molecular flexibility index (Phi) is 5.17. The summed E-state index contributed by atoms with van der Waals surface area (Å²) in [6.07, 6.45) is 3.24. The number of carbonyl (C=O) groups excluding carboxylic acids is 1. The number of hydrogen-bond acceptors (Lipinski definition) is 7. The van der Waals surface area contributed by atoms with E-state index in [0.29, 0.717) is 17.9 Å². The second-order valence-electron chi connectivity index (χ2n) is 6.97. The average molecular weight is 433 g/mol. The molecule has 0 spiro atoms. The molecule has 0 saturated carbocycles. The predicted molar refractivity (Wildman–Crippen MR) is 116 cm³/mol. The first kappa shape index (κ1) is 19.4. The van der Waals surface area contributed by atoms with Gasteiger partial charge in [-0.05, 0) is 36.8 Å². The molecule has 1 amide bonds. The third-order valence-electron chi connectivity index (χ3n) is 4.89. The summed E-state index contributed by atoms with van der Waals surface area (Å²) in [6, 6.07) is 15.4. The Labute approximate surface area is 182 Å². The van der Waals surface area contributed by atoms with Crippen LogP contribution in [0, 0.1) is 0 Å². The minimum absolute atomic E-state index is 0.0788. The molecule has 0 fully saturated rings. The molecule has 8 nitrogen and oxygen atoms in total. The lowest BCUT2D eigenvalue weighted by atomic mass is 10.2. The van der Waals surface area contributed by atoms with E-state index in [1.807, 2.05) is 55.5 Å². The van der Waals surface area contributed by atoms with Crippen molar-refractivity contribution >= 4 is 28.7 Å². The van der Waals surface area contributed by atoms with E-state index in [9.17, 15) is 4.79 Å². The van der Waals surface area contributed by atoms with Gasteiger partial charge in [0.1, 0.15) is 11.4 Å². The van der Waals surface area contributed by atoms with E-state index < -0.39 is 0 Å². The molecule has 0 aliphatic carbocycles. The Bertz CT molecular complexity index is 1240. The van der Waals surface area contributed by atoms with Crippen LogP contribution in [0.1, 0.15) is 12.5 Å². The number of nitrogens with one attached hydrogen (secondary N) is 1. The van der Waals surface area contributed by atoms with Gasteiger partial charge in [-0.2, -0.15) is 5.10 Å². The van der Waals surface area contributed by atoms with Crippen LogP contribution < -0.4 is 14.8 Å². The Morgan fingerprint density at radius 3 is 2.87 bits per heavy atom. The maximum atomic E-state index is 12.7. The van der Waals surface area contributed by atoms with Gasteiger partial charge < -0.3 is 14.8 Å². The van der Waals surface area contributed by atoms with Gasteiger partial charge in [0.25, 0.3) is 0 Å². The van der Waals surface area contributed by atoms with Crippen molar-refractivity contribution in [2.75, 3.05) is 6.79 Å². The fourth-order valence-electron chi connectivity index (χ4n) is 3.28. The molecule has 1 aliphatic heterocycles. The molecule has 3 heterocycles. The van der Waals surface area contributed by atoms with Crippen molar-refractivity contribution in [3.8, 4) is 17.2 Å². The minimum atomic E-state index is -0.341. The van der Waals surface area contributed by atoms with Crippen molar-refractivity contribution < 1.29 is 14.3 Å². The van der Waals surface area contributed by atoms with Gasteiger partial charge in [-0.25, -0.2) is 14.6 Å². The summed E-state index contributed by atoms with van der Waals surface area (Å²) < 4.78 is 12.5. The molecule has 1 N–H and O–H groups in total. The summed E-state index contributed by atoms with van der Waals surface area (Å²) in [5, 5.41) is 8.62. The number of benzene rings is 2. The molecule has 1 atom stereocenters. The quantitative estimate of drug-likeness (QED) is 0.368. The van der Waals surface area contributed by atoms with E-state index in [2.05, 4.69) is 20.4 Å². The van der Waals surface area contributed by atoms with Crippen LogP contribution in [0.25, 0.3) is 16.7 Å². The number of hydrogen-bond donors (Lipinski definition) is 1. The smallest absolute Gasteiger partial charge is 0.233 e. The highest BCUT2D eigenvalue weighted by Gasteiger charge is 2.19. The zero-order chi connectivity index (χ0) is 21.2. The number of para-hydroxylation sites is 1. The van der Waals surface area contributed by atoms with Gasteiger partial charge in [0.2, 0.25) is 12.7 Å². The minimum Gasteiger partial charge on any atom is -0.454 e. The van der Waals surface area contributed by atoms with E-state index >= 15 is 0 Å². The van der Waals surface area contributed by atoms with Crippen LogP contribution in [0.4, 0.5) is 0 Å². The van der Waals surface area contributed by atoms with Crippen molar-refractivity contribution in [1.82, 2.24) is 25.1 Å². The van der Waals surface area contributed by atoms with E-state index in [1.165, 1.54) is 18.1 Å². The van der Waals surface area contributed by atoms with Crippen LogP contribution in [0.5, 0.6) is 11.5 Å². The summed E-state index contributed by atoms with van der Waals surface area (Å²) in [7, 11) is 0. The molecule has 9 heteroatoms. The summed E-state index contributed by atoms with van der Waals surface area (Å²) in [5.74, 6) is 1.35. The first-order valence-corrected chi connectivity index (χ1v) is 10.6. The highest BCUT2D eigenvalue weighted by Crippen LogP contribution is 2.32. The Morgan fingerprint density at radius 1 is 1.16 bits per heavy atom. The van der Waals surface area contributed by atoms with E-state index in [1.54, 1.807) is 10.9 Å². The Hall–Kier alpha value is -3.59. The summed E-state index contributed by atoms with van der Waals surface area (Å²) in [4.78, 5) is 21.4. The second-order valence-corrected chi connectivity index (χ2v) is 8.30. The molecule has 0 radical (unpaired) electrons. The number of thioether (sulfide) groups is 1. The monoisotopic (exact) mass is 433 g/mol. The lowest BCUT2D eigenvalue weighted by molar-refractivity contribution is -0.120. The van der Waals surface area contributed by atoms with Crippen molar-refractivity contribution in [2.45, 2.75) is 23.7 Å². The molecule has 2 aromatic carbocycles. The molecular weight excluding hydrogens is 414 g/mol. The fraction of sp³-hybridized carbons (Fsp3) is 0.182. The molecule has 0 saturated heterocycles. The molecule has 4 aromatic rings. The van der Waals surface area contributed by atoms with Gasteiger partial charge in [-0.1, -0.05) is 36.0 Å². The Balaban J connectivity index is 1.28. The molecular formula is C22H19N5O3S. The van der Waals surface area contributed by atoms with Crippen LogP contribution >= 0.6 is 11.8 Å². The number of amides is 1. The van der Waals surface area contributed by atoms with E-state index in [4.69, 9.17) is 9.47 Å². The number of carbonyl (C=O) groups is 1. The molecule has 1 aliphatic rings. The van der Waals surface area contributed by atoms with Crippen molar-refractivity contribution in [2.24, 2.45) is 0 Å². The lowest BCUT2D eigenvalue weighted by Gasteiger charge is -2.12. The van der Waals surface area contributed by atoms with Crippen molar-refractivity contribution in [3.05, 3.63) is 66.6 Å². The highest BCUT2D eigenvalue weighted by molar-refractivity contribution is 8.00. The lowest BCUT2D eigenvalue weighted by Crippen LogP contribution is -2.30. The number of fused-ring (bicyclic) bond motifs is 2. The van der Waals surface area contributed by atoms with Gasteiger partial charge in [0.05, 0.1) is 22.5 Å². The normalized spacial score (nSPS) is 13.3. The number of ether oxygens (including phenoxy) is 2. The summed E-state index contributed by atoms with van der Waals surface area (Å²) in [6.45, 7) is 2.49. The highest BCUT2D eigenvalue weighted by atomic mass is 32.2. The fourth-order valence-corrected chi connectivity index (χ4v) is 4.18. The second kappa shape index (κ2) is 8.27. The number of aromatic nitrogens is 4. The van der Waals surface area contributed by atoms with Crippen molar-refractivity contribution in [3.63, 3.8) is 0 Å². The van der Waals surface area contributed by atoms with Gasteiger partial charge in [-0.3, -0.25) is 4.79 Å². The first-order chi connectivity index (χ1) is 15.2. The van der Waals surface area contributed by atoms with Crippen LogP contribution in [0.15, 0.2) is 66.1 Å². The molecule has 5 rings (SSSR count). The van der Waals surface area contributed by atoms with Gasteiger partial charge in [0.15, 0.2) is 17.1 Å². The van der Waals surface area contributed by atoms with Crippen LogP contribution in [-0.4, -0.2) is 37.7 Å². The van der Waals surface area contributed by atoms with Gasteiger partial charge in [-0.15, -0.1) is 0 Å². The third kappa shape index (κ3) is 3.91. The van der Waals surface area contributed by atoms with Crippen LogP contribution in [-0.2, 0) is 11.3 Å². The summed E-state index contributed by atoms with van der Waals surface area (Å²) in [5.41, 5.74) is 2.57. The molecule has 0 unspecified atom stereocenters. The standard InChI is InChI=1S/C22H19N5O3S/c1-14(21(28)23-10-15-7-8-18-19(9-15)30-13-29-18)31-22-17-11-26-27(20(17)24-12-25-22)16-5-3-2-4-6-16/h2-9,11-12,14H,10,13H2,1H3,(H,23,28)/t14-/m1/s1. The SMILES string of the molecule is C[C@@H](Sc1ncnc2c1cnn2-c1ccccc1)C(=O)NCc1ccc2c(c1)OCO2. The average Bonchev–Trinajstić information content (AvgIpc) is 3.45. The zero-order valence-electron chi connectivity index (χ0n) is 16.7. The first-order valence-electron chi connectivity index (χ1n) is 9.76.